The van der Waals surface area contributed by atoms with Gasteiger partial charge >= 0.3 is 5.97 Å². The lowest BCUT2D eigenvalue weighted by Crippen LogP contribution is -2.07. The summed E-state index contributed by atoms with van der Waals surface area (Å²) >= 11 is 8.47. The Balaban J connectivity index is 2.06. The monoisotopic (exact) mass is 353 g/mol. The van der Waals surface area contributed by atoms with E-state index in [0.717, 1.165) is 5.56 Å². The summed E-state index contributed by atoms with van der Waals surface area (Å²) in [5.74, 6) is -0.518. The summed E-state index contributed by atoms with van der Waals surface area (Å²) in [4.78, 5) is 26.7. The number of rotatable bonds is 4. The minimum Gasteiger partial charge on any atom is -0.457 e. The zero-order chi connectivity index (χ0) is 14.5. The van der Waals surface area contributed by atoms with Crippen LogP contribution in [0.5, 0.6) is 0 Å². The highest BCUT2D eigenvalue weighted by molar-refractivity contribution is 9.10. The van der Waals surface area contributed by atoms with Gasteiger partial charge in [-0.1, -0.05) is 30.3 Å². The average molecular weight is 355 g/mol. The van der Waals surface area contributed by atoms with E-state index >= 15 is 0 Å². The highest BCUT2D eigenvalue weighted by Gasteiger charge is 2.14. The lowest BCUT2D eigenvalue weighted by molar-refractivity contribution is 0.0472. The molecule has 102 valence electrons. The molecule has 1 aromatic carbocycles. The molecule has 2 aromatic rings. The van der Waals surface area contributed by atoms with E-state index in [2.05, 4.69) is 20.9 Å². The van der Waals surface area contributed by atoms with E-state index in [0.29, 0.717) is 4.47 Å². The summed E-state index contributed by atoms with van der Waals surface area (Å²) in [6, 6.07) is 10.8. The van der Waals surface area contributed by atoms with E-state index in [9.17, 15) is 9.59 Å². The zero-order valence-corrected chi connectivity index (χ0v) is 12.5. The Bertz CT molecular complexity index is 646. The van der Waals surface area contributed by atoms with Crippen molar-refractivity contribution < 1.29 is 14.3 Å². The molecule has 20 heavy (non-hydrogen) atoms. The second-order valence-corrected chi connectivity index (χ2v) is 5.09. The van der Waals surface area contributed by atoms with Crippen LogP contribution in [-0.2, 0) is 11.3 Å². The van der Waals surface area contributed by atoms with E-state index in [1.807, 2.05) is 30.3 Å². The highest BCUT2D eigenvalue weighted by Crippen LogP contribution is 2.18. The first-order chi connectivity index (χ1) is 9.58. The number of esters is 1. The number of benzene rings is 1. The van der Waals surface area contributed by atoms with Crippen LogP contribution >= 0.6 is 27.5 Å². The van der Waals surface area contributed by atoms with Crippen molar-refractivity contribution >= 4 is 38.7 Å². The molecule has 1 heterocycles. The van der Waals surface area contributed by atoms with Crippen molar-refractivity contribution in [3.63, 3.8) is 0 Å². The third-order valence-electron chi connectivity index (χ3n) is 2.48. The first kappa shape index (κ1) is 14.7. The SMILES string of the molecule is O=C(OCc1ccccc1)c1cnc(C(=O)Cl)c(Br)c1. The Morgan fingerprint density at radius 1 is 1.25 bits per heavy atom. The van der Waals surface area contributed by atoms with E-state index < -0.39 is 11.2 Å². The molecule has 0 aliphatic heterocycles. The lowest BCUT2D eigenvalue weighted by atomic mass is 10.2. The molecule has 0 saturated heterocycles. The predicted molar refractivity (Wildman–Crippen MR) is 77.7 cm³/mol. The van der Waals surface area contributed by atoms with Crippen LogP contribution in [0, 0.1) is 0 Å². The smallest absolute Gasteiger partial charge is 0.340 e. The van der Waals surface area contributed by atoms with Gasteiger partial charge in [-0.2, -0.15) is 0 Å². The molecule has 0 fully saturated rings. The van der Waals surface area contributed by atoms with Gasteiger partial charge in [0.05, 0.1) is 5.56 Å². The third-order valence-corrected chi connectivity index (χ3v) is 3.26. The number of hydrogen-bond acceptors (Lipinski definition) is 4. The number of ether oxygens (including phenoxy) is 1. The molecule has 0 atom stereocenters. The lowest BCUT2D eigenvalue weighted by Gasteiger charge is -2.06. The number of carbonyl (C=O) groups excluding carboxylic acids is 2. The van der Waals surface area contributed by atoms with Crippen LogP contribution in [0.3, 0.4) is 0 Å². The van der Waals surface area contributed by atoms with Crippen LogP contribution in [-0.4, -0.2) is 16.2 Å². The van der Waals surface area contributed by atoms with E-state index in [-0.39, 0.29) is 17.9 Å². The quantitative estimate of drug-likeness (QED) is 0.622. The van der Waals surface area contributed by atoms with Crippen molar-refractivity contribution in [3.8, 4) is 0 Å². The summed E-state index contributed by atoms with van der Waals surface area (Å²) in [6.07, 6.45) is 1.26. The molecule has 2 rings (SSSR count). The van der Waals surface area contributed by atoms with Crippen LogP contribution in [0.2, 0.25) is 0 Å². The van der Waals surface area contributed by atoms with Crippen LogP contribution in [0.15, 0.2) is 47.1 Å². The molecule has 6 heteroatoms. The maximum Gasteiger partial charge on any atom is 0.340 e. The fourth-order valence-electron chi connectivity index (χ4n) is 1.50. The largest absolute Gasteiger partial charge is 0.457 e. The number of aromatic nitrogens is 1. The molecule has 0 aliphatic rings. The molecule has 4 nitrogen and oxygen atoms in total. The minimum atomic E-state index is -0.693. The Kier molecular flexibility index (Phi) is 4.87. The number of carbonyl (C=O) groups is 2. The number of hydrogen-bond donors (Lipinski definition) is 0. The molecular weight excluding hydrogens is 346 g/mol. The van der Waals surface area contributed by atoms with Gasteiger partial charge in [0.25, 0.3) is 5.24 Å². The maximum absolute atomic E-state index is 11.9. The molecule has 0 aliphatic carbocycles. The second-order valence-electron chi connectivity index (χ2n) is 3.89. The molecule has 0 saturated carbocycles. The van der Waals surface area contributed by atoms with Gasteiger partial charge in [-0.05, 0) is 39.2 Å². The van der Waals surface area contributed by atoms with Gasteiger partial charge in [-0.25, -0.2) is 9.78 Å². The Labute approximate surface area is 128 Å². The van der Waals surface area contributed by atoms with E-state index in [1.165, 1.54) is 12.3 Å². The van der Waals surface area contributed by atoms with Crippen LogP contribution in [0.4, 0.5) is 0 Å². The molecule has 0 radical (unpaired) electrons. The third kappa shape index (κ3) is 3.65. The zero-order valence-electron chi connectivity index (χ0n) is 10.2. The standard InChI is InChI=1S/C14H9BrClNO3/c15-11-6-10(7-17-12(11)13(16)18)14(19)20-8-9-4-2-1-3-5-9/h1-7H,8H2. The van der Waals surface area contributed by atoms with Crippen molar-refractivity contribution in [1.82, 2.24) is 4.98 Å². The van der Waals surface area contributed by atoms with Gasteiger partial charge in [0.1, 0.15) is 12.3 Å². The second kappa shape index (κ2) is 6.63. The highest BCUT2D eigenvalue weighted by atomic mass is 79.9. The first-order valence-corrected chi connectivity index (χ1v) is 6.81. The molecule has 1 aromatic heterocycles. The van der Waals surface area contributed by atoms with Gasteiger partial charge in [0.15, 0.2) is 0 Å². The summed E-state index contributed by atoms with van der Waals surface area (Å²) in [5.41, 5.74) is 1.20. The Morgan fingerprint density at radius 2 is 1.95 bits per heavy atom. The van der Waals surface area contributed by atoms with Gasteiger partial charge < -0.3 is 4.74 Å². The normalized spacial score (nSPS) is 10.1. The summed E-state index contributed by atoms with van der Waals surface area (Å²) in [7, 11) is 0. The van der Waals surface area contributed by atoms with Crippen molar-refractivity contribution in [1.29, 1.82) is 0 Å². The van der Waals surface area contributed by atoms with Gasteiger partial charge in [-0.15, -0.1) is 0 Å². The molecular formula is C14H9BrClNO3. The topological polar surface area (TPSA) is 56.3 Å². The maximum atomic E-state index is 11.9. The van der Waals surface area contributed by atoms with Gasteiger partial charge in [-0.3, -0.25) is 4.79 Å². The first-order valence-electron chi connectivity index (χ1n) is 5.64. The van der Waals surface area contributed by atoms with Crippen molar-refractivity contribution in [2.45, 2.75) is 6.61 Å². The van der Waals surface area contributed by atoms with Crippen molar-refractivity contribution in [2.24, 2.45) is 0 Å². The summed E-state index contributed by atoms with van der Waals surface area (Å²) in [6.45, 7) is 0.174. The van der Waals surface area contributed by atoms with Crippen molar-refractivity contribution in [3.05, 3.63) is 63.9 Å². The summed E-state index contributed by atoms with van der Waals surface area (Å²) < 4.78 is 5.51. The van der Waals surface area contributed by atoms with Crippen LogP contribution < -0.4 is 0 Å². The fourth-order valence-corrected chi connectivity index (χ4v) is 2.29. The number of halogens is 2. The van der Waals surface area contributed by atoms with Crippen molar-refractivity contribution in [2.75, 3.05) is 0 Å². The average Bonchev–Trinajstić information content (AvgIpc) is 2.45. The minimum absolute atomic E-state index is 0.0614. The molecule has 0 spiro atoms. The molecule has 0 unspecified atom stereocenters. The van der Waals surface area contributed by atoms with Gasteiger partial charge in [0, 0.05) is 10.7 Å². The number of pyridine rings is 1. The number of nitrogens with zero attached hydrogens (tertiary/aromatic N) is 1. The Hall–Kier alpha value is -1.72. The van der Waals surface area contributed by atoms with Gasteiger partial charge in [0.2, 0.25) is 0 Å². The van der Waals surface area contributed by atoms with Crippen LogP contribution in [0.1, 0.15) is 26.4 Å². The molecule has 0 N–H and O–H groups in total. The molecule has 0 amide bonds. The fraction of sp³-hybridized carbons (Fsp3) is 0.0714. The predicted octanol–water partition coefficient (Wildman–Crippen LogP) is 3.58. The van der Waals surface area contributed by atoms with Crippen LogP contribution in [0.25, 0.3) is 0 Å². The Morgan fingerprint density at radius 3 is 2.55 bits per heavy atom. The van der Waals surface area contributed by atoms with E-state index in [4.69, 9.17) is 16.3 Å². The summed E-state index contributed by atoms with van der Waals surface area (Å²) in [5, 5.41) is -0.693. The molecule has 0 bridgehead atoms. The van der Waals surface area contributed by atoms with E-state index in [1.54, 1.807) is 0 Å².